The molecule has 2 amide bonds. The van der Waals surface area contributed by atoms with Crippen LogP contribution in [0.5, 0.6) is 0 Å². The molecule has 4 aromatic rings. The van der Waals surface area contributed by atoms with Crippen LogP contribution in [0.3, 0.4) is 0 Å². The number of carbonyl (C=O) groups is 2. The summed E-state index contributed by atoms with van der Waals surface area (Å²) < 4.78 is 0. The number of aromatic nitrogens is 6. The number of nitrogens with one attached hydrogen (secondary N) is 2. The van der Waals surface area contributed by atoms with E-state index in [-0.39, 0.29) is 42.5 Å². The van der Waals surface area contributed by atoms with E-state index in [0.717, 1.165) is 41.4 Å². The predicted molar refractivity (Wildman–Crippen MR) is 162 cm³/mol. The van der Waals surface area contributed by atoms with Gasteiger partial charge in [-0.3, -0.25) is 29.5 Å². The normalized spacial score (nSPS) is 19.6. The van der Waals surface area contributed by atoms with Crippen molar-refractivity contribution in [2.24, 2.45) is 9.98 Å². The monoisotopic (exact) mass is 600 g/mol. The number of anilines is 2. The first kappa shape index (κ1) is 27.8. The van der Waals surface area contributed by atoms with Gasteiger partial charge in [0.1, 0.15) is 16.1 Å². The summed E-state index contributed by atoms with van der Waals surface area (Å²) in [6.45, 7) is 0. The average Bonchev–Trinajstić information content (AvgIpc) is 3.57. The smallest absolute Gasteiger partial charge is 0.232 e. The lowest BCUT2D eigenvalue weighted by molar-refractivity contribution is -0.116. The minimum absolute atomic E-state index is 0.0517. The molecule has 1 aliphatic heterocycles. The Morgan fingerprint density at radius 2 is 1.48 bits per heavy atom. The number of carbonyl (C=O) groups excluding carboxylic acids is 2. The maximum atomic E-state index is 12.6. The molecule has 1 aliphatic carbocycles. The number of aliphatic imine (C=N–C) groups is 2. The summed E-state index contributed by atoms with van der Waals surface area (Å²) in [5.41, 5.74) is 2.92. The van der Waals surface area contributed by atoms with E-state index >= 15 is 0 Å². The van der Waals surface area contributed by atoms with Crippen molar-refractivity contribution in [1.82, 2.24) is 30.4 Å². The van der Waals surface area contributed by atoms with Crippen LogP contribution >= 0.6 is 22.7 Å². The van der Waals surface area contributed by atoms with Crippen molar-refractivity contribution in [1.29, 1.82) is 0 Å². The number of hydrogen-bond acceptors (Lipinski definition) is 12. The molecule has 2 N–H and O–H groups in total. The van der Waals surface area contributed by atoms with Crippen LogP contribution in [0.4, 0.5) is 10.3 Å². The summed E-state index contributed by atoms with van der Waals surface area (Å²) in [6.07, 6.45) is 7.66. The van der Waals surface area contributed by atoms with Gasteiger partial charge < -0.3 is 10.6 Å². The van der Waals surface area contributed by atoms with Crippen LogP contribution in [0, 0.1) is 0 Å². The van der Waals surface area contributed by atoms with Gasteiger partial charge in [0, 0.05) is 31.3 Å². The van der Waals surface area contributed by atoms with Crippen molar-refractivity contribution < 1.29 is 9.59 Å². The van der Waals surface area contributed by atoms with E-state index in [0.29, 0.717) is 27.3 Å². The highest BCUT2D eigenvalue weighted by molar-refractivity contribution is 7.15. The topological polar surface area (TPSA) is 160 Å². The molecule has 3 atom stereocenters. The first-order valence-corrected chi connectivity index (χ1v) is 15.3. The van der Waals surface area contributed by atoms with E-state index in [1.54, 1.807) is 13.3 Å². The van der Waals surface area contributed by atoms with Crippen LogP contribution in [0.2, 0.25) is 0 Å². The Morgan fingerprint density at radius 1 is 0.881 bits per heavy atom. The van der Waals surface area contributed by atoms with Gasteiger partial charge in [-0.15, -0.1) is 20.4 Å². The average molecular weight is 601 g/mol. The zero-order chi connectivity index (χ0) is 28.9. The van der Waals surface area contributed by atoms with Crippen LogP contribution in [0.1, 0.15) is 76.4 Å². The van der Waals surface area contributed by atoms with Gasteiger partial charge in [-0.1, -0.05) is 41.2 Å². The van der Waals surface area contributed by atoms with Crippen molar-refractivity contribution in [3.05, 3.63) is 69.2 Å². The number of pyridine rings is 2. The minimum atomic E-state index is -0.193. The van der Waals surface area contributed by atoms with Crippen molar-refractivity contribution in [2.75, 3.05) is 17.7 Å². The Bertz CT molecular complexity index is 1640. The van der Waals surface area contributed by atoms with Gasteiger partial charge in [0.25, 0.3) is 0 Å². The summed E-state index contributed by atoms with van der Waals surface area (Å²) in [4.78, 5) is 42.3. The van der Waals surface area contributed by atoms with Crippen molar-refractivity contribution in [3.63, 3.8) is 0 Å². The summed E-state index contributed by atoms with van der Waals surface area (Å²) in [5, 5.41) is 25.7. The highest BCUT2D eigenvalue weighted by Gasteiger charge is 2.29. The molecule has 0 saturated heterocycles. The lowest BCUT2D eigenvalue weighted by Crippen LogP contribution is -2.15. The van der Waals surface area contributed by atoms with E-state index in [1.165, 1.54) is 22.7 Å². The second kappa shape index (κ2) is 12.7. The summed E-state index contributed by atoms with van der Waals surface area (Å²) in [5.74, 6) is 0.0635. The fraction of sp³-hybridized carbons (Fsp3) is 0.357. The summed E-state index contributed by atoms with van der Waals surface area (Å²) in [7, 11) is 1.68. The van der Waals surface area contributed by atoms with Gasteiger partial charge in [-0.2, -0.15) is 0 Å². The standard InChI is InChI=1S/C28H28N10O2S2/c1-29-14-20-9-3-7-18(31-20)12-23(39)33-27-37-35-25(41-27)16-5-2-6-17(11-16)26-36-38-28(42-26)34-24(40)13-19-8-4-10-21(32-19)22-15-30-22/h3-4,7-10,14-17,22H,2,5-6,11-13H2,1H3,(H,33,37,39)(H,34,38,40)/t16-,17-,22?/m0/s1. The molecule has 2 aliphatic rings. The van der Waals surface area contributed by atoms with Gasteiger partial charge in [-0.05, 0) is 43.5 Å². The van der Waals surface area contributed by atoms with Gasteiger partial charge >= 0.3 is 0 Å². The molecule has 6 rings (SSSR count). The Balaban J connectivity index is 1.02. The third-order valence-electron chi connectivity index (χ3n) is 6.95. The number of amides is 2. The Morgan fingerprint density at radius 3 is 2.07 bits per heavy atom. The number of hydrogen-bond donors (Lipinski definition) is 2. The molecule has 42 heavy (non-hydrogen) atoms. The van der Waals surface area contributed by atoms with Gasteiger partial charge in [0.05, 0.1) is 35.6 Å². The van der Waals surface area contributed by atoms with Gasteiger partial charge in [0.2, 0.25) is 22.1 Å². The first-order chi connectivity index (χ1) is 20.5. The molecule has 0 bridgehead atoms. The van der Waals surface area contributed by atoms with Crippen LogP contribution in [-0.2, 0) is 22.4 Å². The second-order valence-electron chi connectivity index (χ2n) is 10.1. The molecule has 0 spiro atoms. The summed E-state index contributed by atoms with van der Waals surface area (Å²) >= 11 is 2.82. The van der Waals surface area contributed by atoms with E-state index in [1.807, 2.05) is 42.6 Å². The van der Waals surface area contributed by atoms with Crippen molar-refractivity contribution >= 4 is 57.2 Å². The molecule has 1 unspecified atom stereocenters. The fourth-order valence-corrected chi connectivity index (χ4v) is 6.77. The highest BCUT2D eigenvalue weighted by Crippen LogP contribution is 2.43. The third-order valence-corrected chi connectivity index (χ3v) is 8.95. The Kier molecular flexibility index (Phi) is 8.42. The van der Waals surface area contributed by atoms with Crippen molar-refractivity contribution in [3.8, 4) is 0 Å². The molecule has 1 saturated carbocycles. The molecule has 0 radical (unpaired) electrons. The SMILES string of the molecule is CN=Cc1cccc(CC(=O)Nc2nnc([C@H]3CCC[C@H](c4nnc(NC(=O)Cc5cccc(C6C=N6)n5)s4)C3)s2)n1. The first-order valence-electron chi connectivity index (χ1n) is 13.7. The molecule has 214 valence electrons. The highest BCUT2D eigenvalue weighted by atomic mass is 32.1. The van der Waals surface area contributed by atoms with Crippen LogP contribution < -0.4 is 10.6 Å². The molecular formula is C28H28N10O2S2. The fourth-order valence-electron chi connectivity index (χ4n) is 4.95. The predicted octanol–water partition coefficient (Wildman–Crippen LogP) is 4.16. The van der Waals surface area contributed by atoms with Gasteiger partial charge in [-0.25, -0.2) is 0 Å². The largest absolute Gasteiger partial charge is 0.300 e. The molecular weight excluding hydrogens is 573 g/mol. The maximum Gasteiger partial charge on any atom is 0.232 e. The Hall–Kier alpha value is -4.30. The minimum Gasteiger partial charge on any atom is -0.300 e. The maximum absolute atomic E-state index is 12.6. The van der Waals surface area contributed by atoms with Crippen LogP contribution in [0.15, 0.2) is 46.4 Å². The van der Waals surface area contributed by atoms with Crippen molar-refractivity contribution in [2.45, 2.75) is 56.4 Å². The molecule has 0 aromatic carbocycles. The number of rotatable bonds is 10. The van der Waals surface area contributed by atoms with Crippen LogP contribution in [-0.4, -0.2) is 61.7 Å². The van der Waals surface area contributed by atoms with E-state index in [4.69, 9.17) is 0 Å². The molecule has 1 fully saturated rings. The molecule has 5 heterocycles. The lowest BCUT2D eigenvalue weighted by atomic mass is 9.82. The molecule has 12 nitrogen and oxygen atoms in total. The van der Waals surface area contributed by atoms with Crippen LogP contribution in [0.25, 0.3) is 0 Å². The quantitative estimate of drug-likeness (QED) is 0.257. The summed E-state index contributed by atoms with van der Waals surface area (Å²) in [6, 6.07) is 11.2. The second-order valence-corrected chi connectivity index (χ2v) is 12.2. The Labute approximate surface area is 249 Å². The third kappa shape index (κ3) is 7.12. The molecule has 4 aromatic heterocycles. The zero-order valence-electron chi connectivity index (χ0n) is 22.8. The number of nitrogens with zero attached hydrogens (tertiary/aromatic N) is 8. The zero-order valence-corrected chi connectivity index (χ0v) is 24.4. The van der Waals surface area contributed by atoms with E-state index < -0.39 is 0 Å². The lowest BCUT2D eigenvalue weighted by Gasteiger charge is -2.25. The molecule has 14 heteroatoms. The van der Waals surface area contributed by atoms with E-state index in [9.17, 15) is 9.59 Å². The van der Waals surface area contributed by atoms with Gasteiger partial charge in [0.15, 0.2) is 0 Å². The van der Waals surface area contributed by atoms with E-state index in [2.05, 4.69) is 51.0 Å².